The molecule has 0 unspecified atom stereocenters. The van der Waals surface area contributed by atoms with E-state index in [0.717, 1.165) is 12.3 Å². The predicted octanol–water partition coefficient (Wildman–Crippen LogP) is 4.39. The van der Waals surface area contributed by atoms with E-state index < -0.39 is 11.7 Å². The molecule has 0 saturated heterocycles. The molecule has 0 spiro atoms. The number of alkyl halides is 3. The molecule has 1 aromatic carbocycles. The normalized spacial score (nSPS) is 12.0. The number of fused-ring (bicyclic) bond motifs is 1. The Morgan fingerprint density at radius 2 is 1.70 bits per heavy atom. The Balaban J connectivity index is 2.09. The maximum absolute atomic E-state index is 12.8. The summed E-state index contributed by atoms with van der Waals surface area (Å²) in [5, 5.41) is 0.360. The van der Waals surface area contributed by atoms with Gasteiger partial charge in [-0.1, -0.05) is 0 Å². The highest BCUT2D eigenvalue weighted by Gasteiger charge is 2.31. The van der Waals surface area contributed by atoms with Crippen LogP contribution in [-0.2, 0) is 6.18 Å². The molecule has 0 amide bonds. The van der Waals surface area contributed by atoms with Crippen molar-refractivity contribution in [3.8, 4) is 11.3 Å². The minimum Gasteiger partial charge on any atom is -0.339 e. The summed E-state index contributed by atoms with van der Waals surface area (Å²) in [6.07, 6.45) is -3.64. The van der Waals surface area contributed by atoms with Crippen LogP contribution < -0.4 is 0 Å². The highest BCUT2D eigenvalue weighted by Crippen LogP contribution is 2.31. The molecule has 0 atom stereocenters. The summed E-state index contributed by atoms with van der Waals surface area (Å²) in [7, 11) is 0. The van der Waals surface area contributed by atoms with E-state index in [0.29, 0.717) is 22.3 Å². The molecule has 2 aromatic heterocycles. The lowest BCUT2D eigenvalue weighted by Gasteiger charge is -2.04. The molecule has 0 fully saturated rings. The second kappa shape index (κ2) is 4.33. The minimum atomic E-state index is -4.42. The summed E-state index contributed by atoms with van der Waals surface area (Å²) >= 11 is 0. The molecule has 2 nitrogen and oxygen atoms in total. The van der Waals surface area contributed by atoms with Crippen LogP contribution in [0.15, 0.2) is 42.6 Å². The summed E-state index contributed by atoms with van der Waals surface area (Å²) in [4.78, 5) is 6.67. The van der Waals surface area contributed by atoms with Crippen LogP contribution in [0.1, 0.15) is 5.56 Å². The van der Waals surface area contributed by atoms with Crippen molar-refractivity contribution in [1.82, 2.24) is 9.97 Å². The van der Waals surface area contributed by atoms with E-state index in [1.165, 1.54) is 12.1 Å². The fourth-order valence-corrected chi connectivity index (χ4v) is 1.96. The first-order valence-electron chi connectivity index (χ1n) is 5.75. The number of aromatic amines is 1. The molecule has 3 aromatic rings. The van der Waals surface area contributed by atoms with Crippen LogP contribution in [0, 0.1) is 5.82 Å². The Kier molecular flexibility index (Phi) is 2.74. The van der Waals surface area contributed by atoms with Crippen LogP contribution in [0.4, 0.5) is 17.6 Å². The Bertz CT molecular complexity index is 757. The maximum atomic E-state index is 12.8. The van der Waals surface area contributed by atoms with Crippen molar-refractivity contribution < 1.29 is 17.6 Å². The Labute approximate surface area is 111 Å². The van der Waals surface area contributed by atoms with Gasteiger partial charge in [0.2, 0.25) is 0 Å². The van der Waals surface area contributed by atoms with Gasteiger partial charge in [0, 0.05) is 17.3 Å². The SMILES string of the molecule is Fc1ccc(-c2cc3cc(C(F)(F)F)cnc3[nH]2)cc1. The molecule has 1 N–H and O–H groups in total. The standard InChI is InChI=1S/C14H8F4N2/c15-11-3-1-8(2-4-11)12-6-9-5-10(14(16,17)18)7-19-13(9)20-12/h1-7H,(H,19,20). The Morgan fingerprint density at radius 1 is 1.00 bits per heavy atom. The molecule has 0 radical (unpaired) electrons. The van der Waals surface area contributed by atoms with Crippen LogP contribution in [-0.4, -0.2) is 9.97 Å². The number of benzene rings is 1. The van der Waals surface area contributed by atoms with E-state index in [9.17, 15) is 17.6 Å². The van der Waals surface area contributed by atoms with Gasteiger partial charge in [-0.2, -0.15) is 13.2 Å². The zero-order chi connectivity index (χ0) is 14.3. The summed E-state index contributed by atoms with van der Waals surface area (Å²) in [6, 6.07) is 8.26. The van der Waals surface area contributed by atoms with Crippen molar-refractivity contribution in [2.45, 2.75) is 6.18 Å². The van der Waals surface area contributed by atoms with Crippen molar-refractivity contribution >= 4 is 11.0 Å². The molecule has 0 saturated carbocycles. The minimum absolute atomic E-state index is 0.359. The van der Waals surface area contributed by atoms with Crippen LogP contribution in [0.3, 0.4) is 0 Å². The molecule has 20 heavy (non-hydrogen) atoms. The summed E-state index contributed by atoms with van der Waals surface area (Å²) in [5.74, 6) is -0.373. The van der Waals surface area contributed by atoms with E-state index >= 15 is 0 Å². The summed E-state index contributed by atoms with van der Waals surface area (Å²) in [6.45, 7) is 0. The largest absolute Gasteiger partial charge is 0.417 e. The quantitative estimate of drug-likeness (QED) is 0.658. The number of rotatable bonds is 1. The first-order chi connectivity index (χ1) is 9.43. The van der Waals surface area contributed by atoms with Crippen LogP contribution in [0.2, 0.25) is 0 Å². The lowest BCUT2D eigenvalue weighted by molar-refractivity contribution is -0.137. The van der Waals surface area contributed by atoms with Gasteiger partial charge in [0.25, 0.3) is 0 Å². The third-order valence-electron chi connectivity index (χ3n) is 2.95. The molecule has 3 rings (SSSR count). The fraction of sp³-hybridized carbons (Fsp3) is 0.0714. The van der Waals surface area contributed by atoms with Gasteiger partial charge < -0.3 is 4.98 Å². The second-order valence-corrected chi connectivity index (χ2v) is 4.35. The molecule has 102 valence electrons. The van der Waals surface area contributed by atoms with E-state index in [4.69, 9.17) is 0 Å². The van der Waals surface area contributed by atoms with Crippen LogP contribution in [0.25, 0.3) is 22.3 Å². The first-order valence-corrected chi connectivity index (χ1v) is 5.75. The zero-order valence-electron chi connectivity index (χ0n) is 10.0. The van der Waals surface area contributed by atoms with Gasteiger partial charge >= 0.3 is 6.18 Å². The number of H-pyrrole nitrogens is 1. The maximum Gasteiger partial charge on any atom is 0.417 e. The number of hydrogen-bond acceptors (Lipinski definition) is 1. The van der Waals surface area contributed by atoms with Crippen molar-refractivity contribution in [2.75, 3.05) is 0 Å². The molecular formula is C14H8F4N2. The highest BCUT2D eigenvalue weighted by molar-refractivity contribution is 5.83. The van der Waals surface area contributed by atoms with Gasteiger partial charge in [-0.3, -0.25) is 0 Å². The predicted molar refractivity (Wildman–Crippen MR) is 66.5 cm³/mol. The number of nitrogens with one attached hydrogen (secondary N) is 1. The average molecular weight is 280 g/mol. The monoisotopic (exact) mass is 280 g/mol. The summed E-state index contributed by atoms with van der Waals surface area (Å²) in [5.41, 5.74) is 0.830. The number of halogens is 4. The molecular weight excluding hydrogens is 272 g/mol. The fourth-order valence-electron chi connectivity index (χ4n) is 1.96. The summed E-state index contributed by atoms with van der Waals surface area (Å²) < 4.78 is 50.6. The van der Waals surface area contributed by atoms with Gasteiger partial charge in [0.1, 0.15) is 11.5 Å². The average Bonchev–Trinajstić information content (AvgIpc) is 2.81. The molecule has 0 aliphatic heterocycles. The Hall–Kier alpha value is -2.37. The van der Waals surface area contributed by atoms with E-state index in [1.807, 2.05) is 0 Å². The lowest BCUT2D eigenvalue weighted by atomic mass is 10.1. The van der Waals surface area contributed by atoms with Gasteiger partial charge in [-0.25, -0.2) is 9.37 Å². The third kappa shape index (κ3) is 2.24. The number of pyridine rings is 1. The van der Waals surface area contributed by atoms with Crippen molar-refractivity contribution in [3.05, 3.63) is 54.0 Å². The first kappa shape index (κ1) is 12.7. The molecule has 0 aliphatic rings. The molecule has 0 aliphatic carbocycles. The number of nitrogens with zero attached hydrogens (tertiary/aromatic N) is 1. The van der Waals surface area contributed by atoms with Crippen LogP contribution in [0.5, 0.6) is 0 Å². The van der Waals surface area contributed by atoms with Crippen LogP contribution >= 0.6 is 0 Å². The van der Waals surface area contributed by atoms with E-state index in [-0.39, 0.29) is 5.82 Å². The van der Waals surface area contributed by atoms with Crippen molar-refractivity contribution in [3.63, 3.8) is 0 Å². The smallest absolute Gasteiger partial charge is 0.339 e. The van der Waals surface area contributed by atoms with Gasteiger partial charge in [0.15, 0.2) is 0 Å². The molecule has 6 heteroatoms. The van der Waals surface area contributed by atoms with Gasteiger partial charge in [0.05, 0.1) is 5.56 Å². The molecule has 2 heterocycles. The Morgan fingerprint density at radius 3 is 2.35 bits per heavy atom. The van der Waals surface area contributed by atoms with E-state index in [2.05, 4.69) is 9.97 Å². The van der Waals surface area contributed by atoms with Crippen molar-refractivity contribution in [2.24, 2.45) is 0 Å². The van der Waals surface area contributed by atoms with E-state index in [1.54, 1.807) is 18.2 Å². The second-order valence-electron chi connectivity index (χ2n) is 4.35. The topological polar surface area (TPSA) is 28.7 Å². The third-order valence-corrected chi connectivity index (χ3v) is 2.95. The number of hydrogen-bond donors (Lipinski definition) is 1. The van der Waals surface area contributed by atoms with Gasteiger partial charge in [-0.15, -0.1) is 0 Å². The zero-order valence-corrected chi connectivity index (χ0v) is 10.0. The van der Waals surface area contributed by atoms with Crippen molar-refractivity contribution in [1.29, 1.82) is 0 Å². The number of aromatic nitrogens is 2. The van der Waals surface area contributed by atoms with Gasteiger partial charge in [-0.05, 0) is 42.0 Å². The highest BCUT2D eigenvalue weighted by atomic mass is 19.4. The lowest BCUT2D eigenvalue weighted by Crippen LogP contribution is -2.04. The molecule has 0 bridgehead atoms.